The molecule has 0 spiro atoms. The van der Waals surface area contributed by atoms with Crippen molar-refractivity contribution < 1.29 is 4.74 Å². The molecule has 0 fully saturated rings. The van der Waals surface area contributed by atoms with Crippen molar-refractivity contribution in [3.63, 3.8) is 0 Å². The van der Waals surface area contributed by atoms with E-state index in [0.29, 0.717) is 18.4 Å². The summed E-state index contributed by atoms with van der Waals surface area (Å²) in [5.41, 5.74) is 0. The van der Waals surface area contributed by atoms with Crippen LogP contribution in [0.1, 0.15) is 90.4 Å². The number of alkyl halides is 2. The number of hydrogen-bond donors (Lipinski definition) is 0. The SMILES string of the molecule is CCCCCCCCCCCCCC[C@@H](CCl)OCCCl. The monoisotopic (exact) mass is 338 g/mol. The number of ether oxygens (including phenoxy) is 1. The van der Waals surface area contributed by atoms with Crippen molar-refractivity contribution in [2.75, 3.05) is 18.4 Å². The second-order valence-corrected chi connectivity index (χ2v) is 6.70. The van der Waals surface area contributed by atoms with Gasteiger partial charge in [0.25, 0.3) is 0 Å². The summed E-state index contributed by atoms with van der Waals surface area (Å²) in [7, 11) is 0. The van der Waals surface area contributed by atoms with Crippen LogP contribution in [-0.2, 0) is 4.74 Å². The molecule has 0 bridgehead atoms. The summed E-state index contributed by atoms with van der Waals surface area (Å²) in [6.45, 7) is 2.90. The van der Waals surface area contributed by atoms with Gasteiger partial charge in [-0.1, -0.05) is 84.0 Å². The van der Waals surface area contributed by atoms with E-state index in [1.54, 1.807) is 0 Å². The molecule has 0 aliphatic carbocycles. The van der Waals surface area contributed by atoms with E-state index in [1.165, 1.54) is 77.0 Å². The Morgan fingerprint density at radius 1 is 0.714 bits per heavy atom. The zero-order valence-corrected chi connectivity index (χ0v) is 15.6. The third-order valence-corrected chi connectivity index (χ3v) is 4.48. The lowest BCUT2D eigenvalue weighted by molar-refractivity contribution is 0.0721. The molecule has 3 heteroatoms. The van der Waals surface area contributed by atoms with E-state index >= 15 is 0 Å². The highest BCUT2D eigenvalue weighted by atomic mass is 35.5. The molecule has 0 aromatic rings. The summed E-state index contributed by atoms with van der Waals surface area (Å²) in [4.78, 5) is 0. The second-order valence-electron chi connectivity index (χ2n) is 6.01. The molecule has 0 saturated carbocycles. The minimum Gasteiger partial charge on any atom is -0.376 e. The van der Waals surface area contributed by atoms with Crippen LogP contribution in [0.3, 0.4) is 0 Å². The fourth-order valence-electron chi connectivity index (χ4n) is 2.63. The smallest absolute Gasteiger partial charge is 0.0710 e. The van der Waals surface area contributed by atoms with E-state index in [1.807, 2.05) is 0 Å². The van der Waals surface area contributed by atoms with E-state index in [0.717, 1.165) is 6.42 Å². The normalized spacial score (nSPS) is 12.7. The molecule has 0 unspecified atom stereocenters. The topological polar surface area (TPSA) is 9.23 Å². The van der Waals surface area contributed by atoms with Crippen molar-refractivity contribution in [2.45, 2.75) is 96.5 Å². The van der Waals surface area contributed by atoms with Crippen molar-refractivity contribution >= 4 is 23.2 Å². The molecule has 0 heterocycles. The minimum atomic E-state index is 0.202. The molecule has 0 amide bonds. The summed E-state index contributed by atoms with van der Waals surface area (Å²) in [6.07, 6.45) is 17.9. The van der Waals surface area contributed by atoms with Gasteiger partial charge in [0, 0.05) is 11.8 Å². The van der Waals surface area contributed by atoms with Crippen molar-refractivity contribution in [3.05, 3.63) is 0 Å². The average Bonchev–Trinajstić information content (AvgIpc) is 2.51. The molecule has 0 aromatic heterocycles. The predicted molar refractivity (Wildman–Crippen MR) is 96.9 cm³/mol. The van der Waals surface area contributed by atoms with Crippen molar-refractivity contribution in [1.29, 1.82) is 0 Å². The Labute approximate surface area is 143 Å². The van der Waals surface area contributed by atoms with E-state index < -0.39 is 0 Å². The largest absolute Gasteiger partial charge is 0.376 e. The maximum Gasteiger partial charge on any atom is 0.0710 e. The Kier molecular flexibility index (Phi) is 19.1. The van der Waals surface area contributed by atoms with Gasteiger partial charge in [-0.2, -0.15) is 0 Å². The lowest BCUT2D eigenvalue weighted by atomic mass is 10.0. The summed E-state index contributed by atoms with van der Waals surface area (Å²) in [6, 6.07) is 0. The minimum absolute atomic E-state index is 0.202. The lowest BCUT2D eigenvalue weighted by Gasteiger charge is -2.13. The fourth-order valence-corrected chi connectivity index (χ4v) is 2.96. The molecule has 0 rings (SSSR count). The Balaban J connectivity index is 3.14. The number of rotatable bonds is 17. The number of hydrogen-bond acceptors (Lipinski definition) is 1. The molecule has 128 valence electrons. The van der Waals surface area contributed by atoms with Gasteiger partial charge in [-0.25, -0.2) is 0 Å². The van der Waals surface area contributed by atoms with Crippen LogP contribution in [0.2, 0.25) is 0 Å². The Hall–Kier alpha value is 0.540. The van der Waals surface area contributed by atoms with Crippen LogP contribution in [-0.4, -0.2) is 24.5 Å². The standard InChI is InChI=1S/C18H36Cl2O/c1-2-3-4-5-6-7-8-9-10-11-12-13-14-18(17-20)21-16-15-19/h18H,2-17H2,1H3/t18-/m0/s1. The van der Waals surface area contributed by atoms with Gasteiger partial charge in [0.2, 0.25) is 0 Å². The third kappa shape index (κ3) is 16.7. The maximum absolute atomic E-state index is 5.88. The van der Waals surface area contributed by atoms with E-state index in [9.17, 15) is 0 Å². The van der Waals surface area contributed by atoms with Gasteiger partial charge in [0.15, 0.2) is 0 Å². The Morgan fingerprint density at radius 3 is 1.62 bits per heavy atom. The lowest BCUT2D eigenvalue weighted by Crippen LogP contribution is -2.16. The maximum atomic E-state index is 5.88. The van der Waals surface area contributed by atoms with Crippen LogP contribution in [0, 0.1) is 0 Å². The summed E-state index contributed by atoms with van der Waals surface area (Å²) < 4.78 is 5.58. The molecule has 0 radical (unpaired) electrons. The molecule has 1 atom stereocenters. The van der Waals surface area contributed by atoms with Crippen LogP contribution in [0.25, 0.3) is 0 Å². The highest BCUT2D eigenvalue weighted by Gasteiger charge is 2.06. The van der Waals surface area contributed by atoms with E-state index in [2.05, 4.69) is 6.92 Å². The molecule has 0 N–H and O–H groups in total. The van der Waals surface area contributed by atoms with Gasteiger partial charge in [-0.15, -0.1) is 23.2 Å². The first kappa shape index (κ1) is 21.5. The third-order valence-electron chi connectivity index (χ3n) is 3.98. The van der Waals surface area contributed by atoms with Crippen molar-refractivity contribution in [1.82, 2.24) is 0 Å². The molecule has 0 saturated heterocycles. The predicted octanol–water partition coefficient (Wildman–Crippen LogP) is 6.94. The zero-order valence-electron chi connectivity index (χ0n) is 14.1. The first-order valence-corrected chi connectivity index (χ1v) is 10.2. The first-order valence-electron chi connectivity index (χ1n) is 9.08. The van der Waals surface area contributed by atoms with Crippen LogP contribution >= 0.6 is 23.2 Å². The van der Waals surface area contributed by atoms with Crippen molar-refractivity contribution in [3.8, 4) is 0 Å². The number of halogens is 2. The molecule has 0 aliphatic rings. The van der Waals surface area contributed by atoms with Gasteiger partial charge in [-0.3, -0.25) is 0 Å². The summed E-state index contributed by atoms with van der Waals surface area (Å²) >= 11 is 11.5. The molecule has 0 aromatic carbocycles. The van der Waals surface area contributed by atoms with Crippen LogP contribution in [0.5, 0.6) is 0 Å². The first-order chi connectivity index (χ1) is 10.3. The van der Waals surface area contributed by atoms with E-state index in [-0.39, 0.29) is 6.10 Å². The molecule has 0 aliphatic heterocycles. The molecular weight excluding hydrogens is 303 g/mol. The zero-order chi connectivity index (χ0) is 15.6. The molecular formula is C18H36Cl2O. The fraction of sp³-hybridized carbons (Fsp3) is 1.00. The summed E-state index contributed by atoms with van der Waals surface area (Å²) in [5.74, 6) is 1.15. The average molecular weight is 339 g/mol. The Morgan fingerprint density at radius 2 is 1.19 bits per heavy atom. The van der Waals surface area contributed by atoms with Gasteiger partial charge in [-0.05, 0) is 6.42 Å². The van der Waals surface area contributed by atoms with E-state index in [4.69, 9.17) is 27.9 Å². The van der Waals surface area contributed by atoms with Crippen LogP contribution in [0.4, 0.5) is 0 Å². The highest BCUT2D eigenvalue weighted by molar-refractivity contribution is 6.18. The van der Waals surface area contributed by atoms with Crippen molar-refractivity contribution in [2.24, 2.45) is 0 Å². The van der Waals surface area contributed by atoms with Gasteiger partial charge >= 0.3 is 0 Å². The molecule has 1 nitrogen and oxygen atoms in total. The second kappa shape index (κ2) is 18.6. The Bertz CT molecular complexity index is 188. The quantitative estimate of drug-likeness (QED) is 0.206. The highest BCUT2D eigenvalue weighted by Crippen LogP contribution is 2.14. The van der Waals surface area contributed by atoms with Crippen LogP contribution in [0.15, 0.2) is 0 Å². The molecule has 21 heavy (non-hydrogen) atoms. The number of unbranched alkanes of at least 4 members (excludes halogenated alkanes) is 11. The summed E-state index contributed by atoms with van der Waals surface area (Å²) in [5, 5.41) is 0. The van der Waals surface area contributed by atoms with Gasteiger partial charge in [0.1, 0.15) is 0 Å². The van der Waals surface area contributed by atoms with Gasteiger partial charge < -0.3 is 4.74 Å². The van der Waals surface area contributed by atoms with Crippen LogP contribution < -0.4 is 0 Å². The van der Waals surface area contributed by atoms with Gasteiger partial charge in [0.05, 0.1) is 12.7 Å².